The second-order valence-electron chi connectivity index (χ2n) is 7.84. The van der Waals surface area contributed by atoms with E-state index in [1.807, 2.05) is 0 Å². The maximum atomic E-state index is 10.5. The van der Waals surface area contributed by atoms with Gasteiger partial charge in [0.15, 0.2) is 0 Å². The minimum atomic E-state index is -5.19. The molecule has 2 fully saturated rings. The van der Waals surface area contributed by atoms with E-state index >= 15 is 0 Å². The summed E-state index contributed by atoms with van der Waals surface area (Å²) in [6.07, 6.45) is -10.4. The van der Waals surface area contributed by atoms with Gasteiger partial charge in [0.1, 0.15) is 11.9 Å². The highest BCUT2D eigenvalue weighted by Gasteiger charge is 2.29. The lowest BCUT2D eigenvalue weighted by Crippen LogP contribution is -2.53. The fraction of sp³-hybridized carbons (Fsp3) is 0.875. The van der Waals surface area contributed by atoms with Gasteiger partial charge in [-0.3, -0.25) is 0 Å². The van der Waals surface area contributed by atoms with E-state index in [0.717, 1.165) is 0 Å². The van der Waals surface area contributed by atoms with E-state index in [9.17, 15) is 26.3 Å². The molecule has 0 bridgehead atoms. The highest BCUT2D eigenvalue weighted by molar-refractivity contribution is 5.71. The zero-order valence-electron chi connectivity index (χ0n) is 17.5. The molecule has 0 atom stereocenters. The molecule has 2 rings (SSSR count). The fourth-order valence-corrected chi connectivity index (χ4v) is 2.00. The largest absolute Gasteiger partial charge is 0.542 e. The first-order chi connectivity index (χ1) is 13.3. The lowest BCUT2D eigenvalue weighted by atomic mass is 10.3. The average molecular weight is 456 g/mol. The first kappa shape index (κ1) is 30.6. The number of carbonyl (C=O) groups is 2. The molecule has 2 aliphatic heterocycles. The van der Waals surface area contributed by atoms with Gasteiger partial charge in [0, 0.05) is 26.2 Å². The zero-order chi connectivity index (χ0) is 24.2. The van der Waals surface area contributed by atoms with Crippen molar-refractivity contribution in [1.29, 1.82) is 0 Å². The van der Waals surface area contributed by atoms with Crippen LogP contribution in [0, 0.1) is 0 Å². The maximum absolute atomic E-state index is 10.5. The number of carbonyl (C=O) groups excluding carboxylic acids is 2. The van der Waals surface area contributed by atoms with Gasteiger partial charge in [-0.25, -0.2) is 0 Å². The molecule has 2 N–H and O–H groups in total. The molecule has 180 valence electrons. The molecule has 0 amide bonds. The number of alkyl halides is 6. The number of nitrogens with zero attached hydrogens (tertiary/aromatic N) is 2. The van der Waals surface area contributed by atoms with Gasteiger partial charge < -0.3 is 39.4 Å². The maximum Gasteiger partial charge on any atom is 0.430 e. The molecule has 8 nitrogen and oxygen atoms in total. The summed E-state index contributed by atoms with van der Waals surface area (Å²) < 4.78 is 65.5. The van der Waals surface area contributed by atoms with E-state index < -0.39 is 24.3 Å². The van der Waals surface area contributed by atoms with Gasteiger partial charge in [0.25, 0.3) is 0 Å². The Kier molecular flexibility index (Phi) is 13.2. The van der Waals surface area contributed by atoms with Crippen LogP contribution in [0.4, 0.5) is 26.3 Å². The van der Waals surface area contributed by atoms with Crippen LogP contribution in [0.15, 0.2) is 0 Å². The molecule has 0 radical (unpaired) electrons. The van der Waals surface area contributed by atoms with Crippen molar-refractivity contribution in [2.24, 2.45) is 0 Å². The molecule has 0 aliphatic carbocycles. The number of nitrogens with one attached hydrogen (secondary N) is 2. The molecule has 0 aromatic heterocycles. The Morgan fingerprint density at radius 2 is 0.800 bits per heavy atom. The predicted molar refractivity (Wildman–Crippen MR) is 91.5 cm³/mol. The van der Waals surface area contributed by atoms with Gasteiger partial charge in [0.05, 0.1) is 54.4 Å². The number of hydrogen-bond acceptors (Lipinski definition) is 6. The molecule has 0 spiro atoms. The lowest BCUT2D eigenvalue weighted by Gasteiger charge is -2.33. The predicted octanol–water partition coefficient (Wildman–Crippen LogP) is -2.07. The van der Waals surface area contributed by atoms with E-state index in [1.165, 1.54) is 61.3 Å². The highest BCUT2D eigenvalue weighted by Crippen LogP contribution is 2.12. The minimum absolute atomic E-state index is 1.19. The Morgan fingerprint density at radius 1 is 0.633 bits per heavy atom. The molecule has 0 aromatic carbocycles. The quantitative estimate of drug-likeness (QED) is 0.321. The number of carboxylic acids is 2. The summed E-state index contributed by atoms with van der Waals surface area (Å²) in [5, 5.41) is 24.2. The number of rotatable bonds is 0. The molecule has 0 unspecified atom stereocenters. The molecule has 2 aliphatic rings. The normalized spacial score (nSPS) is 20.1. The molecular formula is C16H30F6N4O4. The van der Waals surface area contributed by atoms with Crippen molar-refractivity contribution >= 4 is 11.9 Å². The number of piperazine rings is 2. The summed E-state index contributed by atoms with van der Waals surface area (Å²) in [5.41, 5.74) is 0. The van der Waals surface area contributed by atoms with E-state index in [-0.39, 0.29) is 0 Å². The SMILES string of the molecule is C[N+]1(C)CCNCC1.C[N+]1(C)CCNCC1.O=C([O-])C(F)(F)F.O=C([O-])C(F)(F)F. The van der Waals surface area contributed by atoms with Crippen LogP contribution in [0.3, 0.4) is 0 Å². The summed E-state index contributed by atoms with van der Waals surface area (Å²) in [6, 6.07) is 0. The van der Waals surface area contributed by atoms with Crippen molar-refractivity contribution < 1.29 is 55.1 Å². The van der Waals surface area contributed by atoms with Gasteiger partial charge in [-0.15, -0.1) is 0 Å². The number of halogens is 6. The minimum Gasteiger partial charge on any atom is -0.542 e. The Bertz CT molecular complexity index is 463. The summed E-state index contributed by atoms with van der Waals surface area (Å²) >= 11 is 0. The van der Waals surface area contributed by atoms with Crippen LogP contribution in [0.5, 0.6) is 0 Å². The van der Waals surface area contributed by atoms with Crippen LogP contribution >= 0.6 is 0 Å². The van der Waals surface area contributed by atoms with Gasteiger partial charge in [0.2, 0.25) is 0 Å². The van der Waals surface area contributed by atoms with Crippen LogP contribution in [-0.2, 0) is 9.59 Å². The van der Waals surface area contributed by atoms with Crippen molar-refractivity contribution in [3.63, 3.8) is 0 Å². The Balaban J connectivity index is 0. The first-order valence-electron chi connectivity index (χ1n) is 8.92. The highest BCUT2D eigenvalue weighted by atomic mass is 19.4. The Hall–Kier alpha value is -1.64. The second kappa shape index (κ2) is 12.9. The van der Waals surface area contributed by atoms with Crippen molar-refractivity contribution in [3.05, 3.63) is 0 Å². The Morgan fingerprint density at radius 3 is 0.867 bits per heavy atom. The molecule has 0 saturated carbocycles. The smallest absolute Gasteiger partial charge is 0.430 e. The number of hydrogen-bond donors (Lipinski definition) is 2. The molecule has 0 aromatic rings. The van der Waals surface area contributed by atoms with E-state index in [4.69, 9.17) is 19.8 Å². The molecule has 14 heteroatoms. The standard InChI is InChI=1S/2C6H15N2.2C2HF3O2/c2*1-8(2)5-3-7-4-6-8;2*3-2(4,5)1(6)7/h2*7H,3-6H2,1-2H3;2*(H,6,7)/q2*+1;;/p-2. The van der Waals surface area contributed by atoms with Crippen LogP contribution in [0.1, 0.15) is 0 Å². The third-order valence-corrected chi connectivity index (χ3v) is 4.04. The summed E-state index contributed by atoms with van der Waals surface area (Å²) in [5.74, 6) is -6.01. The molecular weight excluding hydrogens is 426 g/mol. The Labute approximate surface area is 171 Å². The average Bonchev–Trinajstić information content (AvgIpc) is 2.54. The zero-order valence-corrected chi connectivity index (χ0v) is 17.5. The molecule has 30 heavy (non-hydrogen) atoms. The third kappa shape index (κ3) is 18.4. The fourth-order valence-electron chi connectivity index (χ4n) is 2.00. The number of likely N-dealkylation sites (N-methyl/N-ethyl adjacent to an activating group) is 2. The lowest BCUT2D eigenvalue weighted by molar-refractivity contribution is -0.891. The summed E-state index contributed by atoms with van der Waals surface area (Å²) in [4.78, 5) is 17.6. The third-order valence-electron chi connectivity index (χ3n) is 4.04. The number of quaternary nitrogens is 2. The van der Waals surface area contributed by atoms with Gasteiger partial charge in [-0.2, -0.15) is 26.3 Å². The van der Waals surface area contributed by atoms with Crippen LogP contribution in [-0.4, -0.2) is 114 Å². The summed E-state index contributed by atoms with van der Waals surface area (Å²) in [7, 11) is 9.11. The molecule has 2 saturated heterocycles. The monoisotopic (exact) mass is 456 g/mol. The van der Waals surface area contributed by atoms with Crippen LogP contribution in [0.25, 0.3) is 0 Å². The molecule has 2 heterocycles. The van der Waals surface area contributed by atoms with E-state index in [1.54, 1.807) is 0 Å². The van der Waals surface area contributed by atoms with Gasteiger partial charge >= 0.3 is 12.4 Å². The van der Waals surface area contributed by atoms with Gasteiger partial charge in [-0.1, -0.05) is 0 Å². The van der Waals surface area contributed by atoms with E-state index in [0.29, 0.717) is 0 Å². The van der Waals surface area contributed by atoms with E-state index in [2.05, 4.69) is 38.8 Å². The van der Waals surface area contributed by atoms with Crippen LogP contribution < -0.4 is 20.8 Å². The number of carboxylic acid groups (broad SMARTS) is 2. The first-order valence-corrected chi connectivity index (χ1v) is 8.92. The summed E-state index contributed by atoms with van der Waals surface area (Å²) in [6.45, 7) is 9.86. The van der Waals surface area contributed by atoms with Crippen molar-refractivity contribution in [2.75, 3.05) is 80.5 Å². The van der Waals surface area contributed by atoms with Crippen molar-refractivity contribution in [2.45, 2.75) is 12.4 Å². The second-order valence-corrected chi connectivity index (χ2v) is 7.84. The van der Waals surface area contributed by atoms with Crippen LogP contribution in [0.2, 0.25) is 0 Å². The topological polar surface area (TPSA) is 104 Å². The van der Waals surface area contributed by atoms with Crippen molar-refractivity contribution in [3.8, 4) is 0 Å². The number of aliphatic carboxylic acids is 2. The van der Waals surface area contributed by atoms with Gasteiger partial charge in [-0.05, 0) is 0 Å². The van der Waals surface area contributed by atoms with Crippen molar-refractivity contribution in [1.82, 2.24) is 10.6 Å².